The molecule has 0 unspecified atom stereocenters. The van der Waals surface area contributed by atoms with Gasteiger partial charge in [-0.05, 0) is 0 Å². The zero-order valence-electron chi connectivity index (χ0n) is 8.20. The van der Waals surface area contributed by atoms with Crippen molar-refractivity contribution in [2.45, 2.75) is 0 Å². The van der Waals surface area contributed by atoms with Crippen molar-refractivity contribution in [3.63, 3.8) is 0 Å². The van der Waals surface area contributed by atoms with E-state index < -0.39 is 0 Å². The quantitative estimate of drug-likeness (QED) is 0.284. The summed E-state index contributed by atoms with van der Waals surface area (Å²) in [4.78, 5) is 17.5. The number of halogens is 1. The standard InChI is InChI=1S/C11H8INO.Y/c1-12-11(14)9-4-5-10-8(7-9)3-2-6-13-10;/h2-5,7H,1H3;/q-2;. The van der Waals surface area contributed by atoms with E-state index in [9.17, 15) is 4.79 Å². The second-order valence-electron chi connectivity index (χ2n) is 2.81. The van der Waals surface area contributed by atoms with E-state index in [2.05, 4.69) is 11.2 Å². The minimum absolute atomic E-state index is 0. The Morgan fingerprint density at radius 2 is 2.20 bits per heavy atom. The zero-order chi connectivity index (χ0) is 9.97. The summed E-state index contributed by atoms with van der Waals surface area (Å²) in [6, 6.07) is 9.31. The summed E-state index contributed by atoms with van der Waals surface area (Å²) in [6.07, 6.45) is 2.77. The molecule has 4 heteroatoms. The Labute approximate surface area is 124 Å². The van der Waals surface area contributed by atoms with Crippen LogP contribution in [0.25, 0.3) is 10.9 Å². The zero-order valence-corrected chi connectivity index (χ0v) is 13.2. The number of pyridine rings is 1. The molecule has 15 heavy (non-hydrogen) atoms. The number of hydrogen-bond acceptors (Lipinski definition) is 2. The average Bonchev–Trinajstić information content (AvgIpc) is 2.27. The molecule has 0 aliphatic rings. The van der Waals surface area contributed by atoms with Gasteiger partial charge in [0.15, 0.2) is 0 Å². The van der Waals surface area contributed by atoms with Crippen LogP contribution in [-0.4, -0.2) is 13.7 Å². The summed E-state index contributed by atoms with van der Waals surface area (Å²) < 4.78 is 0.276. The largest absolute Gasteiger partial charge is 0 e. The molecule has 2 nitrogen and oxygen atoms in total. The summed E-state index contributed by atoms with van der Waals surface area (Å²) in [7, 11) is 0. The van der Waals surface area contributed by atoms with Gasteiger partial charge in [0.05, 0.1) is 0 Å². The summed E-state index contributed by atoms with van der Waals surface area (Å²) in [5.41, 5.74) is 1.69. The van der Waals surface area contributed by atoms with E-state index in [1.165, 1.54) is 0 Å². The molecule has 1 aromatic carbocycles. The van der Waals surface area contributed by atoms with Gasteiger partial charge in [0.1, 0.15) is 0 Å². The second kappa shape index (κ2) is 6.01. The normalized spacial score (nSPS) is 9.93. The van der Waals surface area contributed by atoms with Crippen LogP contribution in [0.2, 0.25) is 0 Å². The van der Waals surface area contributed by atoms with Crippen LogP contribution in [0.5, 0.6) is 0 Å². The van der Waals surface area contributed by atoms with Gasteiger partial charge in [-0.15, -0.1) is 0 Å². The monoisotopic (exact) mass is 386 g/mol. The number of fused-ring (bicyclic) bond motifs is 1. The third kappa shape index (κ3) is 3.05. The molecule has 2 aromatic rings. The van der Waals surface area contributed by atoms with Crippen molar-refractivity contribution < 1.29 is 58.7 Å². The fourth-order valence-electron chi connectivity index (χ4n) is 1.26. The number of hydrogen-bond donors (Lipinski definition) is 0. The van der Waals surface area contributed by atoms with Crippen LogP contribution in [0.1, 0.15) is 10.4 Å². The van der Waals surface area contributed by atoms with Crippen LogP contribution in [0.15, 0.2) is 30.3 Å². The van der Waals surface area contributed by atoms with Crippen molar-refractivity contribution in [1.29, 1.82) is 0 Å². The predicted octanol–water partition coefficient (Wildman–Crippen LogP) is -1.11. The van der Waals surface area contributed by atoms with E-state index in [1.54, 1.807) is 6.07 Å². The number of nitrogens with zero attached hydrogens (tertiary/aromatic N) is 1. The van der Waals surface area contributed by atoms with Crippen LogP contribution >= 0.6 is 0 Å². The first-order chi connectivity index (χ1) is 6.81. The molecule has 0 saturated heterocycles. The number of carbonyl (C=O) groups is 1. The van der Waals surface area contributed by atoms with Gasteiger partial charge < -0.3 is 0 Å². The molecule has 0 aliphatic carbocycles. The third-order valence-corrected chi connectivity index (χ3v) is 3.55. The van der Waals surface area contributed by atoms with E-state index >= 15 is 0 Å². The molecule has 0 aliphatic heterocycles. The van der Waals surface area contributed by atoms with Gasteiger partial charge in [0.2, 0.25) is 0 Å². The molecule has 0 atom stereocenters. The fraction of sp³-hybridized carbons (Fsp3) is 0.0909. The molecule has 0 N–H and O–H groups in total. The smallest absolute Gasteiger partial charge is 0 e. The van der Waals surface area contributed by atoms with Crippen LogP contribution in [0.4, 0.5) is 0 Å². The fourth-order valence-corrected chi connectivity index (χ4v) is 2.21. The number of alkyl halides is 1. The molecule has 1 radical (unpaired) electrons. The van der Waals surface area contributed by atoms with Crippen molar-refractivity contribution >= 4 is 14.7 Å². The Kier molecular flexibility index (Phi) is 5.29. The number of benzene rings is 1. The van der Waals surface area contributed by atoms with Crippen molar-refractivity contribution in [2.24, 2.45) is 0 Å². The Morgan fingerprint density at radius 3 is 2.93 bits per heavy atom. The van der Waals surface area contributed by atoms with E-state index in [1.807, 2.05) is 29.2 Å². The van der Waals surface area contributed by atoms with Crippen molar-refractivity contribution in [3.8, 4) is 0 Å². The maximum absolute atomic E-state index is 11.5. The minimum Gasteiger partial charge on any atom is 0 e. The van der Waals surface area contributed by atoms with E-state index in [0.29, 0.717) is 0 Å². The molecular formula is C11H8INOY-2. The second-order valence-corrected chi connectivity index (χ2v) is 4.87. The summed E-state index contributed by atoms with van der Waals surface area (Å²) in [5, 5.41) is 1.01. The van der Waals surface area contributed by atoms with Crippen LogP contribution in [0.3, 0.4) is 0 Å². The van der Waals surface area contributed by atoms with E-state index in [4.69, 9.17) is 0 Å². The molecule has 0 spiro atoms. The predicted molar refractivity (Wildman–Crippen MR) is 50.8 cm³/mol. The summed E-state index contributed by atoms with van der Waals surface area (Å²) in [5.74, 6) is 0. The number of rotatable bonds is 2. The molecule has 75 valence electrons. The number of carbonyl (C=O) groups excluding carboxylic acids is 1. The molecule has 2 rings (SSSR count). The first kappa shape index (κ1) is 13.2. The van der Waals surface area contributed by atoms with Gasteiger partial charge in [-0.25, -0.2) is 0 Å². The molecule has 0 fully saturated rings. The first-order valence-corrected chi connectivity index (χ1v) is 7.35. The maximum Gasteiger partial charge on any atom is 0 e. The number of aromatic nitrogens is 1. The first-order valence-electron chi connectivity index (χ1n) is 4.12. The van der Waals surface area contributed by atoms with Gasteiger partial charge in [0.25, 0.3) is 0 Å². The van der Waals surface area contributed by atoms with Gasteiger partial charge in [-0.2, -0.15) is 0 Å². The minimum atomic E-state index is -0.358. The third-order valence-electron chi connectivity index (χ3n) is 1.95. The van der Waals surface area contributed by atoms with Crippen molar-refractivity contribution in [1.82, 2.24) is 4.98 Å². The Hall–Kier alpha value is 0.134. The molecule has 1 heterocycles. The van der Waals surface area contributed by atoms with Gasteiger partial charge in [-0.1, -0.05) is 0 Å². The molecule has 0 amide bonds. The van der Waals surface area contributed by atoms with Gasteiger partial charge in [0, 0.05) is 32.7 Å². The van der Waals surface area contributed by atoms with Gasteiger partial charge in [-0.3, -0.25) is 0 Å². The Bertz CT molecular complexity index is 487. The van der Waals surface area contributed by atoms with Crippen molar-refractivity contribution in [3.05, 3.63) is 42.1 Å². The van der Waals surface area contributed by atoms with Gasteiger partial charge >= 0.3 is 92.7 Å². The molecule has 0 saturated carbocycles. The SMILES string of the molecule is C[I-]C(=O)c1ccc2n[c-]ccc2c1.[Y]. The van der Waals surface area contributed by atoms with E-state index in [0.717, 1.165) is 16.5 Å². The topological polar surface area (TPSA) is 30.0 Å². The Morgan fingerprint density at radius 1 is 1.40 bits per heavy atom. The maximum atomic E-state index is 11.5. The van der Waals surface area contributed by atoms with Crippen LogP contribution in [-0.2, 0) is 32.7 Å². The average molecular weight is 386 g/mol. The van der Waals surface area contributed by atoms with Crippen LogP contribution in [0, 0.1) is 6.20 Å². The molecule has 0 bridgehead atoms. The summed E-state index contributed by atoms with van der Waals surface area (Å²) in [6.45, 7) is 0. The van der Waals surface area contributed by atoms with Crippen molar-refractivity contribution in [2.75, 3.05) is 4.93 Å². The van der Waals surface area contributed by atoms with E-state index in [-0.39, 0.29) is 57.7 Å². The molecular weight excluding hydrogens is 378 g/mol. The molecule has 1 aromatic heterocycles. The Balaban J connectivity index is 0.00000112. The summed E-state index contributed by atoms with van der Waals surface area (Å²) >= 11 is -0.358. The van der Waals surface area contributed by atoms with Crippen LogP contribution < -0.4 is 21.2 Å².